The number of benzene rings is 14. The average molecular weight is 1170 g/mol. The van der Waals surface area contributed by atoms with E-state index in [0.29, 0.717) is 0 Å². The molecule has 0 radical (unpaired) electrons. The molecule has 0 fully saturated rings. The first-order chi connectivity index (χ1) is 45.0. The monoisotopic (exact) mass is 1160 g/mol. The van der Waals surface area contributed by atoms with Crippen molar-refractivity contribution < 1.29 is 8.83 Å². The molecule has 0 saturated carbocycles. The summed E-state index contributed by atoms with van der Waals surface area (Å²) in [5, 5.41) is 10.9. The van der Waals surface area contributed by atoms with Gasteiger partial charge in [0.25, 0.3) is 0 Å². The third kappa shape index (κ3) is 8.37. The van der Waals surface area contributed by atoms with E-state index in [1.165, 1.54) is 93.5 Å². The average Bonchev–Trinajstić information content (AvgIpc) is 1.50. The molecule has 16 aromatic rings. The van der Waals surface area contributed by atoms with Gasteiger partial charge in [-0.3, -0.25) is 0 Å². The summed E-state index contributed by atoms with van der Waals surface area (Å²) in [7, 11) is 2.09. The maximum absolute atomic E-state index is 6.74. The molecular weight excluding hydrogens is 1100 g/mol. The Hall–Kier alpha value is -11.7. The third-order valence-electron chi connectivity index (χ3n) is 19.0. The lowest BCUT2D eigenvalue weighted by molar-refractivity contribution is 0.604. The summed E-state index contributed by atoms with van der Waals surface area (Å²) in [4.78, 5) is 4.56. The number of fused-ring (bicyclic) bond motifs is 20. The first kappa shape index (κ1) is 53.5. The van der Waals surface area contributed by atoms with Gasteiger partial charge in [-0.05, 0) is 179 Å². The maximum atomic E-state index is 6.74. The van der Waals surface area contributed by atoms with Gasteiger partial charge in [0.2, 0.25) is 0 Å². The van der Waals surface area contributed by atoms with Crippen LogP contribution in [0.25, 0.3) is 122 Å². The van der Waals surface area contributed by atoms with Crippen molar-refractivity contribution in [2.45, 2.75) is 12.3 Å². The fourth-order valence-corrected chi connectivity index (χ4v) is 15.0. The van der Waals surface area contributed by atoms with E-state index in [0.717, 1.165) is 78.2 Å². The number of furan rings is 2. The Bertz CT molecular complexity index is 5570. The zero-order chi connectivity index (χ0) is 60.7. The Morgan fingerprint density at radius 3 is 1.59 bits per heavy atom. The molecule has 0 bridgehead atoms. The fraction of sp³-hybridized carbons (Fsp3) is 0.0345. The van der Waals surface area contributed by atoms with Crippen molar-refractivity contribution in [3.8, 4) is 44.5 Å². The molecule has 4 nitrogen and oxygen atoms in total. The SMILES string of the molecule is C=Cc1oc2c(N(c3cccc(-c4ccccc4)c3)c3ccc4cc5c(cc4c3)C3(c4ccccc4-c4ccccc43)c3c-5c4ccccc4c4ccccc34)cccc2c1/C=C\C.CN(c1cccc(-c2ccccc2)c1)c1cccc2c1oc1ccccc12. The van der Waals surface area contributed by atoms with Gasteiger partial charge in [0, 0.05) is 45.8 Å². The summed E-state index contributed by atoms with van der Waals surface area (Å²) in [6, 6.07) is 108. The van der Waals surface area contributed by atoms with Gasteiger partial charge in [-0.25, -0.2) is 0 Å². The molecular formula is C87H60N2O2. The summed E-state index contributed by atoms with van der Waals surface area (Å²) in [6.07, 6.45) is 5.99. The molecule has 1 spiro atoms. The molecule has 0 atom stereocenters. The van der Waals surface area contributed by atoms with Crippen LogP contribution in [0, 0.1) is 0 Å². The molecule has 0 N–H and O–H groups in total. The van der Waals surface area contributed by atoms with Gasteiger partial charge in [0.05, 0.1) is 16.8 Å². The summed E-state index contributed by atoms with van der Waals surface area (Å²) in [6.45, 7) is 6.17. The van der Waals surface area contributed by atoms with Crippen LogP contribution in [-0.4, -0.2) is 7.05 Å². The molecule has 2 aliphatic rings. The number of anilines is 5. The van der Waals surface area contributed by atoms with Crippen molar-refractivity contribution in [1.29, 1.82) is 0 Å². The first-order valence-corrected chi connectivity index (χ1v) is 31.3. The Labute approximate surface area is 528 Å². The summed E-state index contributed by atoms with van der Waals surface area (Å²) < 4.78 is 12.9. The molecule has 0 amide bonds. The van der Waals surface area contributed by atoms with E-state index in [1.54, 1.807) is 0 Å². The summed E-state index contributed by atoms with van der Waals surface area (Å²) in [5.41, 5.74) is 23.7. The van der Waals surface area contributed by atoms with Gasteiger partial charge >= 0.3 is 0 Å². The Kier molecular flexibility index (Phi) is 12.7. The van der Waals surface area contributed by atoms with E-state index in [9.17, 15) is 0 Å². The van der Waals surface area contributed by atoms with E-state index in [2.05, 4.69) is 315 Å². The van der Waals surface area contributed by atoms with Crippen molar-refractivity contribution in [3.05, 3.63) is 343 Å². The topological polar surface area (TPSA) is 32.8 Å². The summed E-state index contributed by atoms with van der Waals surface area (Å²) in [5.74, 6) is 0.759. The van der Waals surface area contributed by atoms with E-state index < -0.39 is 5.41 Å². The van der Waals surface area contributed by atoms with Crippen molar-refractivity contribution in [1.82, 2.24) is 0 Å². The number of hydrogen-bond acceptors (Lipinski definition) is 4. The van der Waals surface area contributed by atoms with E-state index in [4.69, 9.17) is 8.83 Å². The standard InChI is InChI=1S/C62H41NO.C25H19NO/c1-3-18-49-52-29-17-32-57(61(52)64-58(49)4-2)63(43-22-16-21-40(35-43)39-19-6-5-7-20-39)44-34-33-41-37-53-56(38-42(41)36-44)62(54-30-14-12-25-47(54)48-26-13-15-31-55(48)62)60-51-28-11-9-24-46(51)45-23-8-10-27-50(45)59(53)60;1-26(20-12-7-11-19(17-20)18-9-3-2-4-10-18)23-15-8-14-22-21-13-5-6-16-24(21)27-25(22)23/h3-38H,2H2,1H3;2-17H,1H3/b18-3-;. The molecule has 0 unspecified atom stereocenters. The van der Waals surface area contributed by atoms with Gasteiger partial charge < -0.3 is 18.6 Å². The Morgan fingerprint density at radius 1 is 0.374 bits per heavy atom. The van der Waals surface area contributed by atoms with Crippen LogP contribution in [0.2, 0.25) is 0 Å². The highest BCUT2D eigenvalue weighted by Gasteiger charge is 2.53. The minimum Gasteiger partial charge on any atom is -0.454 e. The highest BCUT2D eigenvalue weighted by Crippen LogP contribution is 2.66. The number of para-hydroxylation sites is 3. The predicted octanol–water partition coefficient (Wildman–Crippen LogP) is 24.1. The minimum absolute atomic E-state index is 0.528. The minimum atomic E-state index is -0.528. The predicted molar refractivity (Wildman–Crippen MR) is 384 cm³/mol. The van der Waals surface area contributed by atoms with Gasteiger partial charge in [0.1, 0.15) is 11.3 Å². The van der Waals surface area contributed by atoms with Crippen molar-refractivity contribution in [2.75, 3.05) is 16.8 Å². The van der Waals surface area contributed by atoms with E-state index in [1.807, 2.05) is 31.2 Å². The molecule has 2 heterocycles. The number of hydrogen-bond donors (Lipinski definition) is 0. The molecule has 0 saturated heterocycles. The van der Waals surface area contributed by atoms with Crippen LogP contribution in [-0.2, 0) is 5.41 Å². The van der Waals surface area contributed by atoms with Crippen LogP contribution in [0.3, 0.4) is 0 Å². The molecule has 91 heavy (non-hydrogen) atoms. The molecule has 14 aromatic carbocycles. The van der Waals surface area contributed by atoms with Gasteiger partial charge in [0.15, 0.2) is 11.2 Å². The quantitative estimate of drug-likeness (QED) is 0.135. The van der Waals surface area contributed by atoms with E-state index >= 15 is 0 Å². The lowest BCUT2D eigenvalue weighted by Crippen LogP contribution is -2.26. The van der Waals surface area contributed by atoms with Crippen molar-refractivity contribution in [2.24, 2.45) is 0 Å². The van der Waals surface area contributed by atoms with Gasteiger partial charge in [-0.1, -0.05) is 249 Å². The maximum Gasteiger partial charge on any atom is 0.159 e. The summed E-state index contributed by atoms with van der Waals surface area (Å²) >= 11 is 0. The number of rotatable bonds is 9. The molecule has 2 aromatic heterocycles. The highest BCUT2D eigenvalue weighted by molar-refractivity contribution is 6.21. The van der Waals surface area contributed by atoms with Crippen LogP contribution < -0.4 is 9.80 Å². The normalized spacial score (nSPS) is 12.6. The van der Waals surface area contributed by atoms with Crippen LogP contribution >= 0.6 is 0 Å². The highest BCUT2D eigenvalue weighted by atomic mass is 16.3. The smallest absolute Gasteiger partial charge is 0.159 e. The zero-order valence-electron chi connectivity index (χ0n) is 50.4. The third-order valence-corrected chi connectivity index (χ3v) is 19.0. The van der Waals surface area contributed by atoms with Crippen molar-refractivity contribution in [3.63, 3.8) is 0 Å². The van der Waals surface area contributed by atoms with Gasteiger partial charge in [-0.2, -0.15) is 0 Å². The van der Waals surface area contributed by atoms with Crippen LogP contribution in [0.4, 0.5) is 28.4 Å². The van der Waals surface area contributed by atoms with E-state index in [-0.39, 0.29) is 0 Å². The van der Waals surface area contributed by atoms with Crippen LogP contribution in [0.5, 0.6) is 0 Å². The Morgan fingerprint density at radius 2 is 0.901 bits per heavy atom. The lowest BCUT2D eigenvalue weighted by atomic mass is 9.69. The molecule has 0 aliphatic heterocycles. The first-order valence-electron chi connectivity index (χ1n) is 31.3. The lowest BCUT2D eigenvalue weighted by Gasteiger charge is -2.32. The molecule has 2 aliphatic carbocycles. The molecule has 18 rings (SSSR count). The van der Waals surface area contributed by atoms with Crippen LogP contribution in [0.15, 0.2) is 319 Å². The van der Waals surface area contributed by atoms with Gasteiger partial charge in [-0.15, -0.1) is 0 Å². The number of nitrogens with zero attached hydrogens (tertiary/aromatic N) is 2. The zero-order valence-corrected chi connectivity index (χ0v) is 50.4. The second-order valence-corrected chi connectivity index (χ2v) is 23.8. The molecule has 430 valence electrons. The second kappa shape index (κ2) is 21.6. The fourth-order valence-electron chi connectivity index (χ4n) is 15.0. The van der Waals surface area contributed by atoms with Crippen molar-refractivity contribution >= 4 is 106 Å². The largest absolute Gasteiger partial charge is 0.454 e. The number of allylic oxidation sites excluding steroid dienone is 1. The second-order valence-electron chi connectivity index (χ2n) is 23.8. The van der Waals surface area contributed by atoms with Crippen LogP contribution in [0.1, 0.15) is 40.5 Å². The molecule has 4 heteroatoms. The Balaban J connectivity index is 0.000000196.